The minimum Gasteiger partial charge on any atom is -0.289 e. The van der Waals surface area contributed by atoms with Crippen molar-refractivity contribution in [3.8, 4) is 0 Å². The van der Waals surface area contributed by atoms with Crippen LogP contribution in [-0.2, 0) is 5.41 Å². The van der Waals surface area contributed by atoms with Crippen LogP contribution in [0.2, 0.25) is 0 Å². The molecule has 0 amide bonds. The van der Waals surface area contributed by atoms with Crippen LogP contribution in [0.3, 0.4) is 0 Å². The fraction of sp³-hybridized carbons (Fsp3) is 0.167. The van der Waals surface area contributed by atoms with E-state index >= 15 is 0 Å². The Bertz CT molecular complexity index is 1290. The van der Waals surface area contributed by atoms with Gasteiger partial charge in [0.25, 0.3) is 0 Å². The first-order valence-corrected chi connectivity index (χ1v) is 9.86. The summed E-state index contributed by atoms with van der Waals surface area (Å²) in [6.45, 7) is 6.59. The smallest absolute Gasteiger partial charge is 0.195 e. The summed E-state index contributed by atoms with van der Waals surface area (Å²) in [6.07, 6.45) is 0. The highest BCUT2D eigenvalue weighted by Crippen LogP contribution is 2.41. The molecule has 3 aromatic carbocycles. The highest BCUT2D eigenvalue weighted by Gasteiger charge is 2.31. The topological polar surface area (TPSA) is 34.1 Å². The van der Waals surface area contributed by atoms with Crippen molar-refractivity contribution in [2.24, 2.45) is 0 Å². The van der Waals surface area contributed by atoms with Gasteiger partial charge in [-0.3, -0.25) is 9.59 Å². The van der Waals surface area contributed by atoms with E-state index in [1.807, 2.05) is 18.2 Å². The SMILES string of the molecule is CC(C)(C)c1ccc2sc3c4c(ccc3c2c1)C(=O)c1ccccc1C4=O. The van der Waals surface area contributed by atoms with Crippen LogP contribution in [0.25, 0.3) is 20.2 Å². The Morgan fingerprint density at radius 2 is 1.44 bits per heavy atom. The normalized spacial score (nSPS) is 13.9. The molecule has 132 valence electrons. The lowest BCUT2D eigenvalue weighted by molar-refractivity contribution is 0.0980. The van der Waals surface area contributed by atoms with Crippen LogP contribution in [-0.4, -0.2) is 11.6 Å². The van der Waals surface area contributed by atoms with Crippen LogP contribution >= 0.6 is 11.3 Å². The molecule has 5 rings (SSSR count). The number of carbonyl (C=O) groups excluding carboxylic acids is 2. The van der Waals surface area contributed by atoms with Crippen molar-refractivity contribution in [1.82, 2.24) is 0 Å². The molecule has 0 N–H and O–H groups in total. The summed E-state index contributed by atoms with van der Waals surface area (Å²) in [5, 5.41) is 2.21. The summed E-state index contributed by atoms with van der Waals surface area (Å²) in [5.74, 6) is -0.108. The maximum atomic E-state index is 13.2. The number of thiophene rings is 1. The summed E-state index contributed by atoms with van der Waals surface area (Å²) in [5.41, 5.74) is 3.42. The number of hydrogen-bond acceptors (Lipinski definition) is 3. The molecule has 0 saturated heterocycles. The Balaban J connectivity index is 1.85. The Hall–Kier alpha value is -2.78. The van der Waals surface area contributed by atoms with Gasteiger partial charge in [-0.1, -0.05) is 57.2 Å². The second-order valence-electron chi connectivity index (χ2n) is 8.13. The van der Waals surface area contributed by atoms with Crippen LogP contribution in [0.1, 0.15) is 58.2 Å². The zero-order valence-electron chi connectivity index (χ0n) is 15.4. The highest BCUT2D eigenvalue weighted by molar-refractivity contribution is 7.26. The summed E-state index contributed by atoms with van der Waals surface area (Å²) < 4.78 is 2.06. The first-order valence-electron chi connectivity index (χ1n) is 9.04. The van der Waals surface area contributed by atoms with Crippen molar-refractivity contribution in [3.05, 3.63) is 82.4 Å². The summed E-state index contributed by atoms with van der Waals surface area (Å²) >= 11 is 1.60. The van der Waals surface area contributed by atoms with Crippen molar-refractivity contribution in [2.75, 3.05) is 0 Å². The molecule has 0 bridgehead atoms. The van der Waals surface area contributed by atoms with E-state index in [1.54, 1.807) is 29.5 Å². The third kappa shape index (κ3) is 2.25. The van der Waals surface area contributed by atoms with Gasteiger partial charge in [0, 0.05) is 36.9 Å². The Kier molecular flexibility index (Phi) is 3.26. The zero-order chi connectivity index (χ0) is 18.9. The molecule has 0 unspecified atom stereocenters. The molecule has 1 aliphatic carbocycles. The van der Waals surface area contributed by atoms with Gasteiger partial charge in [0.2, 0.25) is 0 Å². The monoisotopic (exact) mass is 370 g/mol. The van der Waals surface area contributed by atoms with E-state index < -0.39 is 0 Å². The number of carbonyl (C=O) groups is 2. The molecule has 0 atom stereocenters. The maximum Gasteiger partial charge on any atom is 0.195 e. The predicted molar refractivity (Wildman–Crippen MR) is 111 cm³/mol. The minimum atomic E-state index is -0.0602. The molecule has 3 heteroatoms. The fourth-order valence-corrected chi connectivity index (χ4v) is 5.11. The molecule has 0 fully saturated rings. The molecule has 0 radical (unpaired) electrons. The predicted octanol–water partition coefficient (Wildman–Crippen LogP) is 6.13. The molecule has 1 heterocycles. The molecule has 4 aromatic rings. The lowest BCUT2D eigenvalue weighted by Crippen LogP contribution is -2.20. The third-order valence-corrected chi connectivity index (χ3v) is 6.60. The van der Waals surface area contributed by atoms with E-state index in [2.05, 4.69) is 39.0 Å². The van der Waals surface area contributed by atoms with E-state index in [9.17, 15) is 9.59 Å². The molecular weight excluding hydrogens is 352 g/mol. The van der Waals surface area contributed by atoms with Crippen LogP contribution in [0.15, 0.2) is 54.6 Å². The lowest BCUT2D eigenvalue weighted by Gasteiger charge is -2.19. The lowest BCUT2D eigenvalue weighted by atomic mass is 9.83. The summed E-state index contributed by atoms with van der Waals surface area (Å²) in [6, 6.07) is 17.5. The van der Waals surface area contributed by atoms with Gasteiger partial charge in [-0.15, -0.1) is 11.3 Å². The quantitative estimate of drug-likeness (QED) is 0.329. The number of rotatable bonds is 0. The molecule has 0 aliphatic heterocycles. The third-order valence-electron chi connectivity index (χ3n) is 5.39. The van der Waals surface area contributed by atoms with E-state index in [0.29, 0.717) is 22.3 Å². The van der Waals surface area contributed by atoms with Gasteiger partial charge in [-0.05, 0) is 29.2 Å². The van der Waals surface area contributed by atoms with E-state index in [4.69, 9.17) is 0 Å². The molecular formula is C24H18O2S. The molecule has 27 heavy (non-hydrogen) atoms. The first kappa shape index (κ1) is 16.4. The largest absolute Gasteiger partial charge is 0.289 e. The molecule has 0 spiro atoms. The van der Waals surface area contributed by atoms with Crippen LogP contribution in [0.5, 0.6) is 0 Å². The van der Waals surface area contributed by atoms with Crippen molar-refractivity contribution < 1.29 is 9.59 Å². The van der Waals surface area contributed by atoms with Crippen LogP contribution < -0.4 is 0 Å². The number of ketones is 2. The molecule has 1 aromatic heterocycles. The summed E-state index contributed by atoms with van der Waals surface area (Å²) in [7, 11) is 0. The van der Waals surface area contributed by atoms with Crippen molar-refractivity contribution in [1.29, 1.82) is 0 Å². The van der Waals surface area contributed by atoms with E-state index in [1.165, 1.54) is 5.56 Å². The second kappa shape index (κ2) is 5.37. The number of benzene rings is 3. The Morgan fingerprint density at radius 3 is 2.15 bits per heavy atom. The Labute approximate surface area is 161 Å². The van der Waals surface area contributed by atoms with E-state index in [-0.39, 0.29) is 17.0 Å². The van der Waals surface area contributed by atoms with Crippen LogP contribution in [0, 0.1) is 0 Å². The molecule has 1 aliphatic rings. The van der Waals surface area contributed by atoms with Crippen molar-refractivity contribution in [2.45, 2.75) is 26.2 Å². The van der Waals surface area contributed by atoms with Gasteiger partial charge >= 0.3 is 0 Å². The van der Waals surface area contributed by atoms with Crippen LogP contribution in [0.4, 0.5) is 0 Å². The minimum absolute atomic E-state index is 0.0478. The standard InChI is InChI=1S/C24H18O2S/c1-24(2,3)13-8-11-19-18(12-13)16-9-10-17-20(23(16)27-19)22(26)15-7-5-4-6-14(15)21(17)25/h4-12H,1-3H3. The van der Waals surface area contributed by atoms with Gasteiger partial charge in [0.1, 0.15) is 0 Å². The average Bonchev–Trinajstić information content (AvgIpc) is 3.02. The fourth-order valence-electron chi connectivity index (χ4n) is 3.88. The van der Waals surface area contributed by atoms with Gasteiger partial charge in [-0.2, -0.15) is 0 Å². The van der Waals surface area contributed by atoms with Crippen molar-refractivity contribution in [3.63, 3.8) is 0 Å². The number of hydrogen-bond donors (Lipinski definition) is 0. The molecule has 2 nitrogen and oxygen atoms in total. The van der Waals surface area contributed by atoms with Gasteiger partial charge < -0.3 is 0 Å². The summed E-state index contributed by atoms with van der Waals surface area (Å²) in [4.78, 5) is 26.2. The van der Waals surface area contributed by atoms with Crippen molar-refractivity contribution >= 4 is 43.1 Å². The van der Waals surface area contributed by atoms with Gasteiger partial charge in [-0.25, -0.2) is 0 Å². The number of fused-ring (bicyclic) bond motifs is 6. The first-order chi connectivity index (χ1) is 12.9. The Morgan fingerprint density at radius 1 is 0.741 bits per heavy atom. The molecule has 0 saturated carbocycles. The average molecular weight is 370 g/mol. The highest BCUT2D eigenvalue weighted by atomic mass is 32.1. The zero-order valence-corrected chi connectivity index (χ0v) is 16.2. The van der Waals surface area contributed by atoms with E-state index in [0.717, 1.165) is 20.2 Å². The van der Waals surface area contributed by atoms with Gasteiger partial charge in [0.15, 0.2) is 11.6 Å². The second-order valence-corrected chi connectivity index (χ2v) is 9.18. The maximum absolute atomic E-state index is 13.2. The van der Waals surface area contributed by atoms with Gasteiger partial charge in [0.05, 0.1) is 5.56 Å².